The van der Waals surface area contributed by atoms with E-state index in [1.807, 2.05) is 0 Å². The zero-order valence-corrected chi connectivity index (χ0v) is 12.9. The standard InChI is InChI=1S/C15H18BrNS/c1-12(15-10-14(16)11-18-15)17-9-5-8-13-6-3-2-4-7-13/h2-4,6-7,10-12,17H,5,8-9H2,1H3. The topological polar surface area (TPSA) is 12.0 Å². The fourth-order valence-corrected chi connectivity index (χ4v) is 3.39. The van der Waals surface area contributed by atoms with E-state index in [4.69, 9.17) is 0 Å². The average molecular weight is 324 g/mol. The Morgan fingerprint density at radius 1 is 1.28 bits per heavy atom. The van der Waals surface area contributed by atoms with Crippen molar-refractivity contribution >= 4 is 27.3 Å². The van der Waals surface area contributed by atoms with Gasteiger partial charge in [-0.25, -0.2) is 0 Å². The third kappa shape index (κ3) is 4.23. The van der Waals surface area contributed by atoms with Gasteiger partial charge in [0.15, 0.2) is 0 Å². The Labute approximate surface area is 121 Å². The van der Waals surface area contributed by atoms with Crippen molar-refractivity contribution in [3.63, 3.8) is 0 Å². The molecule has 0 fully saturated rings. The van der Waals surface area contributed by atoms with Crippen molar-refractivity contribution in [2.75, 3.05) is 6.54 Å². The Morgan fingerprint density at radius 2 is 2.06 bits per heavy atom. The first kappa shape index (κ1) is 13.8. The van der Waals surface area contributed by atoms with Gasteiger partial charge in [0.25, 0.3) is 0 Å². The molecule has 0 aliphatic rings. The molecule has 1 N–H and O–H groups in total. The van der Waals surface area contributed by atoms with Gasteiger partial charge in [0.05, 0.1) is 0 Å². The van der Waals surface area contributed by atoms with Crippen molar-refractivity contribution in [2.24, 2.45) is 0 Å². The lowest BCUT2D eigenvalue weighted by molar-refractivity contribution is 0.565. The Morgan fingerprint density at radius 3 is 2.72 bits per heavy atom. The van der Waals surface area contributed by atoms with Crippen LogP contribution in [0.25, 0.3) is 0 Å². The molecule has 1 atom stereocenters. The lowest BCUT2D eigenvalue weighted by atomic mass is 10.1. The molecule has 0 saturated carbocycles. The lowest BCUT2D eigenvalue weighted by Gasteiger charge is -2.11. The Hall–Kier alpha value is -0.640. The number of nitrogens with one attached hydrogen (secondary N) is 1. The van der Waals surface area contributed by atoms with E-state index in [2.05, 4.69) is 69.9 Å². The van der Waals surface area contributed by atoms with Crippen LogP contribution in [0, 0.1) is 0 Å². The predicted octanol–water partition coefficient (Wildman–Crippen LogP) is 4.79. The molecule has 3 heteroatoms. The van der Waals surface area contributed by atoms with E-state index in [0.29, 0.717) is 6.04 Å². The third-order valence-electron chi connectivity index (χ3n) is 2.95. The summed E-state index contributed by atoms with van der Waals surface area (Å²) in [6, 6.07) is 13.3. The normalized spacial score (nSPS) is 12.6. The van der Waals surface area contributed by atoms with Crippen LogP contribution in [0.1, 0.15) is 29.8 Å². The van der Waals surface area contributed by atoms with Gasteiger partial charge < -0.3 is 5.32 Å². The first-order valence-electron chi connectivity index (χ1n) is 6.27. The Balaban J connectivity index is 1.69. The summed E-state index contributed by atoms with van der Waals surface area (Å²) >= 11 is 5.30. The highest BCUT2D eigenvalue weighted by atomic mass is 79.9. The van der Waals surface area contributed by atoms with E-state index >= 15 is 0 Å². The smallest absolute Gasteiger partial charge is 0.0386 e. The van der Waals surface area contributed by atoms with E-state index < -0.39 is 0 Å². The molecule has 1 aromatic heterocycles. The van der Waals surface area contributed by atoms with Gasteiger partial charge in [-0.15, -0.1) is 11.3 Å². The highest BCUT2D eigenvalue weighted by molar-refractivity contribution is 9.10. The Kier molecular flexibility index (Phi) is 5.42. The number of hydrogen-bond acceptors (Lipinski definition) is 2. The average Bonchev–Trinajstić information content (AvgIpc) is 2.82. The molecule has 0 spiro atoms. The molecule has 1 aromatic carbocycles. The number of benzene rings is 1. The monoisotopic (exact) mass is 323 g/mol. The minimum atomic E-state index is 0.442. The SMILES string of the molecule is CC(NCCCc1ccccc1)c1cc(Br)cs1. The molecule has 0 saturated heterocycles. The van der Waals surface area contributed by atoms with E-state index in [-0.39, 0.29) is 0 Å². The summed E-state index contributed by atoms with van der Waals surface area (Å²) in [5.74, 6) is 0. The quantitative estimate of drug-likeness (QED) is 0.753. The molecule has 2 aromatic rings. The van der Waals surface area contributed by atoms with Crippen molar-refractivity contribution in [2.45, 2.75) is 25.8 Å². The fraction of sp³-hybridized carbons (Fsp3) is 0.333. The van der Waals surface area contributed by atoms with Crippen LogP contribution in [0.2, 0.25) is 0 Å². The van der Waals surface area contributed by atoms with Gasteiger partial charge in [0, 0.05) is 20.8 Å². The molecule has 0 radical (unpaired) electrons. The first-order valence-corrected chi connectivity index (χ1v) is 7.94. The van der Waals surface area contributed by atoms with Gasteiger partial charge in [-0.2, -0.15) is 0 Å². The number of hydrogen-bond donors (Lipinski definition) is 1. The second kappa shape index (κ2) is 7.07. The van der Waals surface area contributed by atoms with Crippen LogP contribution < -0.4 is 5.32 Å². The lowest BCUT2D eigenvalue weighted by Crippen LogP contribution is -2.19. The van der Waals surface area contributed by atoms with Crippen molar-refractivity contribution < 1.29 is 0 Å². The molecule has 2 rings (SSSR count). The highest BCUT2D eigenvalue weighted by Crippen LogP contribution is 2.25. The summed E-state index contributed by atoms with van der Waals surface area (Å²) in [6.07, 6.45) is 2.33. The maximum absolute atomic E-state index is 3.57. The second-order valence-corrected chi connectivity index (χ2v) is 6.29. The second-order valence-electron chi connectivity index (χ2n) is 4.43. The number of halogens is 1. The van der Waals surface area contributed by atoms with Gasteiger partial charge in [-0.05, 0) is 53.9 Å². The van der Waals surface area contributed by atoms with Gasteiger partial charge in [-0.3, -0.25) is 0 Å². The summed E-state index contributed by atoms with van der Waals surface area (Å²) in [4.78, 5) is 1.39. The largest absolute Gasteiger partial charge is 0.309 e. The molecule has 18 heavy (non-hydrogen) atoms. The molecular formula is C15H18BrNS. The van der Waals surface area contributed by atoms with Gasteiger partial charge in [-0.1, -0.05) is 30.3 Å². The molecule has 1 unspecified atom stereocenters. The van der Waals surface area contributed by atoms with E-state index in [1.165, 1.54) is 21.3 Å². The summed E-state index contributed by atoms with van der Waals surface area (Å²) < 4.78 is 1.18. The van der Waals surface area contributed by atoms with Crippen LogP contribution in [0.3, 0.4) is 0 Å². The van der Waals surface area contributed by atoms with Crippen LogP contribution in [-0.4, -0.2) is 6.54 Å². The van der Waals surface area contributed by atoms with Crippen LogP contribution in [0.4, 0.5) is 0 Å². The maximum Gasteiger partial charge on any atom is 0.0386 e. The van der Waals surface area contributed by atoms with Crippen LogP contribution in [-0.2, 0) is 6.42 Å². The third-order valence-corrected chi connectivity index (χ3v) is 4.83. The van der Waals surface area contributed by atoms with E-state index in [0.717, 1.165) is 13.0 Å². The van der Waals surface area contributed by atoms with Crippen molar-refractivity contribution in [3.05, 3.63) is 56.7 Å². The molecule has 1 nitrogen and oxygen atoms in total. The zero-order valence-electron chi connectivity index (χ0n) is 10.5. The van der Waals surface area contributed by atoms with Crippen molar-refractivity contribution in [3.8, 4) is 0 Å². The number of aryl methyl sites for hydroxylation is 1. The van der Waals surface area contributed by atoms with Crippen molar-refractivity contribution in [1.82, 2.24) is 5.32 Å². The van der Waals surface area contributed by atoms with Crippen LogP contribution in [0.15, 0.2) is 46.3 Å². The fourth-order valence-electron chi connectivity index (χ4n) is 1.91. The maximum atomic E-state index is 3.57. The predicted molar refractivity (Wildman–Crippen MR) is 83.2 cm³/mol. The summed E-state index contributed by atoms with van der Waals surface area (Å²) in [7, 11) is 0. The zero-order chi connectivity index (χ0) is 12.8. The minimum absolute atomic E-state index is 0.442. The molecule has 1 heterocycles. The molecule has 0 bridgehead atoms. The van der Waals surface area contributed by atoms with E-state index in [1.54, 1.807) is 11.3 Å². The molecule has 0 aliphatic carbocycles. The van der Waals surface area contributed by atoms with E-state index in [9.17, 15) is 0 Å². The van der Waals surface area contributed by atoms with Crippen LogP contribution in [0.5, 0.6) is 0 Å². The van der Waals surface area contributed by atoms with Crippen molar-refractivity contribution in [1.29, 1.82) is 0 Å². The molecule has 96 valence electrons. The minimum Gasteiger partial charge on any atom is -0.309 e. The highest BCUT2D eigenvalue weighted by Gasteiger charge is 2.06. The van der Waals surface area contributed by atoms with Crippen LogP contribution >= 0.6 is 27.3 Å². The molecule has 0 amide bonds. The molecule has 0 aliphatic heterocycles. The summed E-state index contributed by atoms with van der Waals surface area (Å²) in [6.45, 7) is 3.28. The molecular weight excluding hydrogens is 306 g/mol. The summed E-state index contributed by atoms with van der Waals surface area (Å²) in [5, 5.41) is 5.71. The first-order chi connectivity index (χ1) is 8.75. The van der Waals surface area contributed by atoms with Gasteiger partial charge in [0.2, 0.25) is 0 Å². The van der Waals surface area contributed by atoms with Gasteiger partial charge in [0.1, 0.15) is 0 Å². The Bertz CT molecular complexity index is 466. The number of rotatable bonds is 6. The van der Waals surface area contributed by atoms with Gasteiger partial charge >= 0.3 is 0 Å². The summed E-state index contributed by atoms with van der Waals surface area (Å²) in [5.41, 5.74) is 1.42. The number of thiophene rings is 1.